The van der Waals surface area contributed by atoms with Crippen molar-refractivity contribution in [3.05, 3.63) is 57.9 Å². The molecule has 0 radical (unpaired) electrons. The molecule has 5 rings (SSSR count). The minimum atomic E-state index is -1.08. The van der Waals surface area contributed by atoms with Crippen LogP contribution in [0.25, 0.3) is 10.9 Å². The summed E-state index contributed by atoms with van der Waals surface area (Å²) in [6, 6.07) is 8.80. The molecule has 2 fully saturated rings. The van der Waals surface area contributed by atoms with E-state index in [2.05, 4.69) is 9.88 Å². The maximum Gasteiger partial charge on any atom is 0.308 e. The predicted molar refractivity (Wildman–Crippen MR) is 133 cm³/mol. The number of nitrogens with zero attached hydrogens (tertiary/aromatic N) is 2. The molecule has 0 spiro atoms. The number of carbonyl (C=O) groups is 1. The number of methoxy groups -OCH3 is 1. The summed E-state index contributed by atoms with van der Waals surface area (Å²) in [4.78, 5) is 19.6. The predicted octanol–water partition coefficient (Wildman–Crippen LogP) is 5.37. The van der Waals surface area contributed by atoms with Crippen molar-refractivity contribution in [1.82, 2.24) is 9.88 Å². The molecule has 0 amide bonds. The summed E-state index contributed by atoms with van der Waals surface area (Å²) in [7, 11) is 1.52. The number of hydrogen-bond donors (Lipinski definition) is 2. The molecule has 3 atom stereocenters. The molecule has 3 aromatic rings. The first kappa shape index (κ1) is 25.0. The van der Waals surface area contributed by atoms with Gasteiger partial charge < -0.3 is 14.9 Å². The first-order valence-corrected chi connectivity index (χ1v) is 13.2. The number of ether oxygens (including phenoxy) is 1. The zero-order valence-electron chi connectivity index (χ0n) is 20.1. The van der Waals surface area contributed by atoms with E-state index < -0.39 is 23.8 Å². The third kappa shape index (κ3) is 4.96. The molecule has 1 saturated carbocycles. The van der Waals surface area contributed by atoms with Gasteiger partial charge in [-0.15, -0.1) is 11.3 Å². The van der Waals surface area contributed by atoms with Crippen LogP contribution in [0.15, 0.2) is 36.5 Å². The summed E-state index contributed by atoms with van der Waals surface area (Å²) in [5.41, 5.74) is 0.737. The van der Waals surface area contributed by atoms with E-state index in [1.807, 2.05) is 6.07 Å². The zero-order chi connectivity index (χ0) is 25.4. The Morgan fingerprint density at radius 3 is 2.78 bits per heavy atom. The van der Waals surface area contributed by atoms with Crippen LogP contribution in [0, 0.1) is 22.8 Å². The van der Waals surface area contributed by atoms with Crippen molar-refractivity contribution < 1.29 is 28.5 Å². The molecule has 6 nitrogen and oxygen atoms in total. The van der Waals surface area contributed by atoms with Crippen LogP contribution in [0.2, 0.25) is 0 Å². The maximum absolute atomic E-state index is 14.7. The van der Waals surface area contributed by atoms with Gasteiger partial charge >= 0.3 is 5.97 Å². The third-order valence-corrected chi connectivity index (χ3v) is 8.98. The van der Waals surface area contributed by atoms with Gasteiger partial charge in [-0.2, -0.15) is 4.39 Å². The Labute approximate surface area is 212 Å². The van der Waals surface area contributed by atoms with Crippen LogP contribution in [0.4, 0.5) is 8.78 Å². The van der Waals surface area contributed by atoms with Crippen molar-refractivity contribution in [2.75, 3.05) is 20.2 Å². The lowest BCUT2D eigenvalue weighted by atomic mass is 9.75. The van der Waals surface area contributed by atoms with Crippen LogP contribution < -0.4 is 4.74 Å². The van der Waals surface area contributed by atoms with Gasteiger partial charge in [0.2, 0.25) is 0 Å². The van der Waals surface area contributed by atoms with Gasteiger partial charge in [0.15, 0.2) is 5.13 Å². The number of aromatic nitrogens is 1. The van der Waals surface area contributed by atoms with Crippen LogP contribution in [0.5, 0.6) is 5.75 Å². The molecule has 1 aliphatic carbocycles. The van der Waals surface area contributed by atoms with E-state index in [0.29, 0.717) is 48.0 Å². The molecule has 1 saturated heterocycles. The van der Waals surface area contributed by atoms with Gasteiger partial charge in [-0.3, -0.25) is 14.7 Å². The highest BCUT2D eigenvalue weighted by molar-refractivity contribution is 7.10. The van der Waals surface area contributed by atoms with Gasteiger partial charge in [0.05, 0.1) is 30.8 Å². The normalized spacial score (nSPS) is 25.4. The lowest BCUT2D eigenvalue weighted by molar-refractivity contribution is -0.147. The number of piperidine rings is 1. The Hall–Kier alpha value is -2.62. The number of fused-ring (bicyclic) bond motifs is 1. The van der Waals surface area contributed by atoms with E-state index in [1.165, 1.54) is 24.5 Å². The Bertz CT molecular complexity index is 1250. The summed E-state index contributed by atoms with van der Waals surface area (Å²) >= 11 is 1.20. The van der Waals surface area contributed by atoms with Gasteiger partial charge in [-0.1, -0.05) is 0 Å². The molecule has 1 aromatic carbocycles. The van der Waals surface area contributed by atoms with Gasteiger partial charge in [0, 0.05) is 28.4 Å². The second-order valence-electron chi connectivity index (χ2n) is 9.95. The first-order valence-electron chi connectivity index (χ1n) is 12.4. The highest BCUT2D eigenvalue weighted by Crippen LogP contribution is 2.44. The van der Waals surface area contributed by atoms with Crippen LogP contribution in [0.1, 0.15) is 54.6 Å². The first-order chi connectivity index (χ1) is 17.3. The van der Waals surface area contributed by atoms with Gasteiger partial charge in [0.1, 0.15) is 11.6 Å². The fraction of sp³-hybridized carbons (Fsp3) is 0.481. The Kier molecular flexibility index (Phi) is 7.23. The number of aliphatic hydroxyl groups excluding tert-OH is 1. The molecule has 1 aliphatic heterocycles. The molecule has 2 N–H and O–H groups in total. The molecule has 3 heterocycles. The standard InChI is InChI=1S/C27H30F2N2O4S/c1-35-18-3-4-22-19(12-18)26(21(28)13-30-22)23(32)5-2-15-8-9-31(14-20(15)27(33)34)17-10-16(11-17)24-6-7-25(29)36-24/h3-4,6-7,12-13,15-17,20,23,32H,2,5,8-11,14H2,1H3,(H,33,34)/t15-,16?,17?,20+,23+/m1/s1. The van der Waals surface area contributed by atoms with Crippen molar-refractivity contribution in [2.45, 2.75) is 50.2 Å². The number of benzene rings is 1. The zero-order valence-corrected chi connectivity index (χ0v) is 20.9. The van der Waals surface area contributed by atoms with Crippen molar-refractivity contribution >= 4 is 28.2 Å². The number of hydrogen-bond acceptors (Lipinski definition) is 6. The van der Waals surface area contributed by atoms with Crippen molar-refractivity contribution in [2.24, 2.45) is 11.8 Å². The van der Waals surface area contributed by atoms with Crippen molar-refractivity contribution in [1.29, 1.82) is 0 Å². The summed E-state index contributed by atoms with van der Waals surface area (Å²) in [6.45, 7) is 1.26. The molecular formula is C27H30F2N2O4S. The monoisotopic (exact) mass is 516 g/mol. The fourth-order valence-electron chi connectivity index (χ4n) is 5.80. The van der Waals surface area contributed by atoms with Crippen LogP contribution in [0.3, 0.4) is 0 Å². The quantitative estimate of drug-likeness (QED) is 0.419. The Balaban J connectivity index is 1.22. The fourth-order valence-corrected chi connectivity index (χ4v) is 6.65. The molecule has 2 aliphatic rings. The summed E-state index contributed by atoms with van der Waals surface area (Å²) in [5.74, 6) is -1.16. The lowest BCUT2D eigenvalue weighted by Crippen LogP contribution is -2.52. The number of rotatable bonds is 8. The van der Waals surface area contributed by atoms with Gasteiger partial charge in [-0.05, 0) is 80.8 Å². The average Bonchev–Trinajstić information content (AvgIpc) is 3.26. The second kappa shape index (κ2) is 10.4. The number of likely N-dealkylation sites (tertiary alicyclic amines) is 1. The highest BCUT2D eigenvalue weighted by atomic mass is 32.1. The molecular weight excluding hydrogens is 486 g/mol. The van der Waals surface area contributed by atoms with E-state index in [9.17, 15) is 23.8 Å². The smallest absolute Gasteiger partial charge is 0.308 e. The number of pyridine rings is 1. The Morgan fingerprint density at radius 1 is 1.28 bits per heavy atom. The highest BCUT2D eigenvalue weighted by Gasteiger charge is 2.41. The summed E-state index contributed by atoms with van der Waals surface area (Å²) in [5, 5.41) is 21.2. The van der Waals surface area contributed by atoms with Gasteiger partial charge in [0.25, 0.3) is 0 Å². The summed E-state index contributed by atoms with van der Waals surface area (Å²) < 4.78 is 33.3. The SMILES string of the molecule is COc1ccc2ncc(F)c([C@@H](O)CC[C@@H]3CCN(C4CC(c5ccc(F)s5)C4)C[C@@H]3C(=O)O)c2c1. The Morgan fingerprint density at radius 2 is 2.08 bits per heavy atom. The number of carboxylic acids is 1. The van der Waals surface area contributed by atoms with E-state index in [4.69, 9.17) is 4.74 Å². The molecule has 0 bridgehead atoms. The van der Waals surface area contributed by atoms with E-state index in [0.717, 1.165) is 30.5 Å². The van der Waals surface area contributed by atoms with Crippen LogP contribution >= 0.6 is 11.3 Å². The molecule has 0 unspecified atom stereocenters. The summed E-state index contributed by atoms with van der Waals surface area (Å²) in [6.07, 6.45) is 3.35. The molecule has 2 aromatic heterocycles. The third-order valence-electron chi connectivity index (χ3n) is 7.94. The van der Waals surface area contributed by atoms with Crippen LogP contribution in [-0.2, 0) is 4.79 Å². The second-order valence-corrected chi connectivity index (χ2v) is 11.0. The molecule has 192 valence electrons. The minimum absolute atomic E-state index is 0.0960. The largest absolute Gasteiger partial charge is 0.497 e. The average molecular weight is 517 g/mol. The number of aliphatic hydroxyl groups is 1. The van der Waals surface area contributed by atoms with Crippen LogP contribution in [-0.4, -0.2) is 52.3 Å². The van der Waals surface area contributed by atoms with E-state index >= 15 is 0 Å². The number of carboxylic acid groups (broad SMARTS) is 1. The lowest BCUT2D eigenvalue weighted by Gasteiger charge is -2.47. The van der Waals surface area contributed by atoms with Crippen molar-refractivity contribution in [3.8, 4) is 5.75 Å². The molecule has 36 heavy (non-hydrogen) atoms. The number of thiophene rings is 1. The minimum Gasteiger partial charge on any atom is -0.497 e. The van der Waals surface area contributed by atoms with E-state index in [1.54, 1.807) is 18.2 Å². The molecule has 9 heteroatoms. The van der Waals surface area contributed by atoms with E-state index in [-0.39, 0.29) is 23.0 Å². The maximum atomic E-state index is 14.7. The number of aliphatic carboxylic acids is 1. The van der Waals surface area contributed by atoms with Gasteiger partial charge in [-0.25, -0.2) is 4.39 Å². The van der Waals surface area contributed by atoms with Crippen molar-refractivity contribution in [3.63, 3.8) is 0 Å². The topological polar surface area (TPSA) is 82.9 Å². The number of halogens is 2.